The molecule has 0 saturated carbocycles. The summed E-state index contributed by atoms with van der Waals surface area (Å²) in [5.74, 6) is -0.677. The normalized spacial score (nSPS) is 16.8. The summed E-state index contributed by atoms with van der Waals surface area (Å²) < 4.78 is 0. The van der Waals surface area contributed by atoms with Gasteiger partial charge in [0.25, 0.3) is 0 Å². The van der Waals surface area contributed by atoms with E-state index in [-0.39, 0.29) is 25.0 Å². The Morgan fingerprint density at radius 2 is 2.14 bits per heavy atom. The summed E-state index contributed by atoms with van der Waals surface area (Å²) >= 11 is 0. The van der Waals surface area contributed by atoms with E-state index in [1.807, 2.05) is 0 Å². The van der Waals surface area contributed by atoms with Gasteiger partial charge in [0.05, 0.1) is 5.60 Å². The molecule has 0 aliphatic carbocycles. The highest BCUT2D eigenvalue weighted by Crippen LogP contribution is 2.24. The van der Waals surface area contributed by atoms with Gasteiger partial charge in [0.2, 0.25) is 0 Å². The molecule has 0 aromatic carbocycles. The molecule has 2 N–H and O–H groups in total. The lowest BCUT2D eigenvalue weighted by Crippen LogP contribution is -2.36. The lowest BCUT2D eigenvalue weighted by atomic mass is 9.83. The Kier molecular flexibility index (Phi) is 5.27. The van der Waals surface area contributed by atoms with Crippen LogP contribution >= 0.6 is 0 Å². The Morgan fingerprint density at radius 1 is 1.57 bits per heavy atom. The summed E-state index contributed by atoms with van der Waals surface area (Å²) in [7, 11) is 0. The SMILES string of the molecule is C=C(C=O)CC(C)(O)C(C=O)CCO. The van der Waals surface area contributed by atoms with E-state index in [9.17, 15) is 14.7 Å². The monoisotopic (exact) mass is 200 g/mol. The van der Waals surface area contributed by atoms with E-state index in [1.165, 1.54) is 6.92 Å². The van der Waals surface area contributed by atoms with Gasteiger partial charge >= 0.3 is 0 Å². The summed E-state index contributed by atoms with van der Waals surface area (Å²) in [5.41, 5.74) is -1.08. The second kappa shape index (κ2) is 5.67. The molecule has 0 aliphatic heterocycles. The van der Waals surface area contributed by atoms with E-state index in [0.29, 0.717) is 12.6 Å². The smallest absolute Gasteiger partial charge is 0.145 e. The Balaban J connectivity index is 4.46. The predicted octanol–water partition coefficient (Wildman–Crippen LogP) is 0.0801. The molecule has 0 heterocycles. The molecular weight excluding hydrogens is 184 g/mol. The molecule has 80 valence electrons. The second-order valence-corrected chi connectivity index (χ2v) is 3.56. The van der Waals surface area contributed by atoms with Crippen molar-refractivity contribution < 1.29 is 19.8 Å². The fraction of sp³-hybridized carbons (Fsp3) is 0.600. The summed E-state index contributed by atoms with van der Waals surface area (Å²) in [5, 5.41) is 18.5. The molecule has 0 aromatic rings. The third-order valence-electron chi connectivity index (χ3n) is 2.15. The zero-order valence-electron chi connectivity index (χ0n) is 8.27. The third kappa shape index (κ3) is 3.81. The number of hydrogen-bond acceptors (Lipinski definition) is 4. The standard InChI is InChI=1S/C10H16O4/c1-8(6-12)5-10(2,14)9(7-13)3-4-11/h6-7,9,11,14H,1,3-5H2,2H3. The summed E-state index contributed by atoms with van der Waals surface area (Å²) in [6.07, 6.45) is 1.37. The first-order valence-electron chi connectivity index (χ1n) is 4.39. The summed E-state index contributed by atoms with van der Waals surface area (Å²) in [6, 6.07) is 0. The van der Waals surface area contributed by atoms with E-state index in [1.54, 1.807) is 0 Å². The molecule has 0 aromatic heterocycles. The van der Waals surface area contributed by atoms with Crippen LogP contribution in [0.5, 0.6) is 0 Å². The van der Waals surface area contributed by atoms with Crippen LogP contribution in [-0.4, -0.2) is 35.0 Å². The van der Waals surface area contributed by atoms with Crippen LogP contribution in [-0.2, 0) is 9.59 Å². The van der Waals surface area contributed by atoms with Gasteiger partial charge in [-0.15, -0.1) is 0 Å². The number of rotatable bonds is 7. The number of aliphatic hydroxyl groups is 2. The maximum Gasteiger partial charge on any atom is 0.145 e. The highest BCUT2D eigenvalue weighted by atomic mass is 16.3. The van der Waals surface area contributed by atoms with Crippen molar-refractivity contribution in [3.8, 4) is 0 Å². The van der Waals surface area contributed by atoms with Crippen molar-refractivity contribution in [1.29, 1.82) is 0 Å². The van der Waals surface area contributed by atoms with Gasteiger partial charge in [0.15, 0.2) is 0 Å². The number of carbonyl (C=O) groups is 2. The van der Waals surface area contributed by atoms with Crippen molar-refractivity contribution in [2.24, 2.45) is 5.92 Å². The van der Waals surface area contributed by atoms with Crippen LogP contribution in [0.3, 0.4) is 0 Å². The molecule has 4 heteroatoms. The predicted molar refractivity (Wildman–Crippen MR) is 51.7 cm³/mol. The number of carbonyl (C=O) groups excluding carboxylic acids is 2. The average molecular weight is 200 g/mol. The van der Waals surface area contributed by atoms with Gasteiger partial charge in [-0.1, -0.05) is 6.58 Å². The van der Waals surface area contributed by atoms with Crippen LogP contribution in [0.15, 0.2) is 12.2 Å². The van der Waals surface area contributed by atoms with E-state index in [2.05, 4.69) is 6.58 Å². The zero-order chi connectivity index (χ0) is 11.2. The van der Waals surface area contributed by atoms with E-state index >= 15 is 0 Å². The van der Waals surface area contributed by atoms with Crippen molar-refractivity contribution in [1.82, 2.24) is 0 Å². The van der Waals surface area contributed by atoms with Gasteiger partial charge in [-0.05, 0) is 18.9 Å². The molecule has 14 heavy (non-hydrogen) atoms. The molecular formula is C10H16O4. The molecule has 0 fully saturated rings. The van der Waals surface area contributed by atoms with Gasteiger partial charge in [0, 0.05) is 18.9 Å². The van der Waals surface area contributed by atoms with Crippen molar-refractivity contribution in [3.63, 3.8) is 0 Å². The third-order valence-corrected chi connectivity index (χ3v) is 2.15. The van der Waals surface area contributed by atoms with Crippen LogP contribution in [0.25, 0.3) is 0 Å². The van der Waals surface area contributed by atoms with Crippen LogP contribution in [0, 0.1) is 5.92 Å². The fourth-order valence-corrected chi connectivity index (χ4v) is 1.30. The summed E-state index contributed by atoms with van der Waals surface area (Å²) in [4.78, 5) is 20.9. The lowest BCUT2D eigenvalue weighted by Gasteiger charge is -2.28. The van der Waals surface area contributed by atoms with Gasteiger partial charge < -0.3 is 15.0 Å². The van der Waals surface area contributed by atoms with E-state index in [0.717, 1.165) is 0 Å². The zero-order valence-corrected chi connectivity index (χ0v) is 8.27. The van der Waals surface area contributed by atoms with Crippen LogP contribution in [0.1, 0.15) is 19.8 Å². The minimum Gasteiger partial charge on any atom is -0.396 e. The molecule has 0 rings (SSSR count). The maximum atomic E-state index is 10.6. The maximum absolute atomic E-state index is 10.6. The van der Waals surface area contributed by atoms with Crippen molar-refractivity contribution in [2.45, 2.75) is 25.4 Å². The Labute approximate surface area is 83.2 Å². The first-order chi connectivity index (χ1) is 6.47. The van der Waals surface area contributed by atoms with Crippen molar-refractivity contribution >= 4 is 12.6 Å². The Hall–Kier alpha value is -1.00. The average Bonchev–Trinajstić information content (AvgIpc) is 2.12. The number of hydrogen-bond donors (Lipinski definition) is 2. The van der Waals surface area contributed by atoms with Crippen molar-refractivity contribution in [3.05, 3.63) is 12.2 Å². The largest absolute Gasteiger partial charge is 0.396 e. The quantitative estimate of drug-likeness (QED) is 0.451. The highest BCUT2D eigenvalue weighted by molar-refractivity contribution is 5.72. The van der Waals surface area contributed by atoms with Gasteiger partial charge in [-0.2, -0.15) is 0 Å². The molecule has 0 amide bonds. The molecule has 0 radical (unpaired) electrons. The van der Waals surface area contributed by atoms with Crippen LogP contribution in [0.4, 0.5) is 0 Å². The second-order valence-electron chi connectivity index (χ2n) is 3.56. The lowest BCUT2D eigenvalue weighted by molar-refractivity contribution is -0.120. The van der Waals surface area contributed by atoms with Crippen LogP contribution in [0.2, 0.25) is 0 Å². The molecule has 0 saturated heterocycles. The highest BCUT2D eigenvalue weighted by Gasteiger charge is 2.31. The number of aliphatic hydroxyl groups excluding tert-OH is 1. The molecule has 0 bridgehead atoms. The fourth-order valence-electron chi connectivity index (χ4n) is 1.30. The minimum absolute atomic E-state index is 0.0416. The first kappa shape index (κ1) is 13.0. The molecule has 4 nitrogen and oxygen atoms in total. The first-order valence-corrected chi connectivity index (χ1v) is 4.39. The van der Waals surface area contributed by atoms with Gasteiger partial charge in [0.1, 0.15) is 12.6 Å². The molecule has 2 atom stereocenters. The molecule has 0 aliphatic rings. The Morgan fingerprint density at radius 3 is 2.50 bits per heavy atom. The van der Waals surface area contributed by atoms with E-state index < -0.39 is 11.5 Å². The van der Waals surface area contributed by atoms with Gasteiger partial charge in [-0.25, -0.2) is 0 Å². The van der Waals surface area contributed by atoms with Gasteiger partial charge in [-0.3, -0.25) is 4.79 Å². The molecule has 0 spiro atoms. The summed E-state index contributed by atoms with van der Waals surface area (Å²) in [6.45, 7) is 4.71. The topological polar surface area (TPSA) is 74.6 Å². The number of aldehydes is 2. The van der Waals surface area contributed by atoms with E-state index in [4.69, 9.17) is 5.11 Å². The molecule has 2 unspecified atom stereocenters. The van der Waals surface area contributed by atoms with Crippen LogP contribution < -0.4 is 0 Å². The minimum atomic E-state index is -1.32. The van der Waals surface area contributed by atoms with Crippen molar-refractivity contribution in [2.75, 3.05) is 6.61 Å². The Bertz CT molecular complexity index is 220.